The zero-order valence-corrected chi connectivity index (χ0v) is 12.3. The van der Waals surface area contributed by atoms with Gasteiger partial charge in [-0.3, -0.25) is 9.59 Å². The molecule has 1 atom stereocenters. The van der Waals surface area contributed by atoms with Crippen LogP contribution in [0.4, 0.5) is 5.69 Å². The number of anilines is 1. The Balaban J connectivity index is 2.17. The summed E-state index contributed by atoms with van der Waals surface area (Å²) < 4.78 is 10.6. The maximum Gasteiger partial charge on any atom is 0.323 e. The van der Waals surface area contributed by atoms with Crippen LogP contribution in [0.25, 0.3) is 11.0 Å². The van der Waals surface area contributed by atoms with E-state index in [0.29, 0.717) is 17.7 Å². The van der Waals surface area contributed by atoms with Gasteiger partial charge in [-0.25, -0.2) is 0 Å². The van der Waals surface area contributed by atoms with Gasteiger partial charge in [0.15, 0.2) is 5.92 Å². The molecular weight excluding hydrogens is 270 g/mol. The van der Waals surface area contributed by atoms with Crippen molar-refractivity contribution in [3.05, 3.63) is 29.5 Å². The number of amides is 1. The first-order chi connectivity index (χ1) is 10.1. The number of hydrogen-bond donors (Lipinski definition) is 0. The second-order valence-corrected chi connectivity index (χ2v) is 5.07. The summed E-state index contributed by atoms with van der Waals surface area (Å²) in [7, 11) is 0. The van der Waals surface area contributed by atoms with Crippen LogP contribution in [0, 0.1) is 6.92 Å². The minimum atomic E-state index is -0.880. The van der Waals surface area contributed by atoms with Crippen LogP contribution in [0.2, 0.25) is 0 Å². The first kappa shape index (κ1) is 13.7. The highest BCUT2D eigenvalue weighted by molar-refractivity contribution is 6.17. The third-order valence-electron chi connectivity index (χ3n) is 3.74. The number of nitrogens with zero attached hydrogens (tertiary/aromatic N) is 1. The molecule has 0 spiro atoms. The molecule has 3 rings (SSSR count). The van der Waals surface area contributed by atoms with E-state index in [1.54, 1.807) is 17.9 Å². The highest BCUT2D eigenvalue weighted by atomic mass is 16.5. The van der Waals surface area contributed by atoms with E-state index >= 15 is 0 Å². The summed E-state index contributed by atoms with van der Waals surface area (Å²) in [5.41, 5.74) is 2.13. The Morgan fingerprint density at radius 2 is 2.10 bits per heavy atom. The van der Waals surface area contributed by atoms with E-state index < -0.39 is 11.9 Å². The van der Waals surface area contributed by atoms with Gasteiger partial charge in [-0.1, -0.05) is 0 Å². The van der Waals surface area contributed by atoms with E-state index in [9.17, 15) is 9.59 Å². The highest BCUT2D eigenvalue weighted by Crippen LogP contribution is 2.41. The van der Waals surface area contributed by atoms with Gasteiger partial charge in [-0.2, -0.15) is 0 Å². The van der Waals surface area contributed by atoms with Gasteiger partial charge in [0.1, 0.15) is 11.3 Å². The molecule has 1 aromatic heterocycles. The van der Waals surface area contributed by atoms with Crippen LogP contribution in [0.5, 0.6) is 0 Å². The number of benzene rings is 1. The van der Waals surface area contributed by atoms with E-state index in [0.717, 1.165) is 16.8 Å². The van der Waals surface area contributed by atoms with Gasteiger partial charge in [0.2, 0.25) is 5.91 Å². The van der Waals surface area contributed by atoms with Crippen molar-refractivity contribution in [1.29, 1.82) is 0 Å². The van der Waals surface area contributed by atoms with Crippen molar-refractivity contribution >= 4 is 28.5 Å². The standard InChI is InChI=1S/C16H17NO4/c1-4-17-12-7-10-6-9(3)21-13(10)8-11(12)14(15(17)18)16(19)20-5-2/h6-8,14H,4-5H2,1-3H3. The van der Waals surface area contributed by atoms with Crippen molar-refractivity contribution in [1.82, 2.24) is 0 Å². The second kappa shape index (κ2) is 4.91. The molecule has 1 aromatic carbocycles. The van der Waals surface area contributed by atoms with Gasteiger partial charge < -0.3 is 14.1 Å². The fourth-order valence-electron chi connectivity index (χ4n) is 2.88. The Morgan fingerprint density at radius 1 is 1.33 bits per heavy atom. The molecule has 110 valence electrons. The van der Waals surface area contributed by atoms with Crippen LogP contribution in [0.15, 0.2) is 22.6 Å². The number of rotatable bonds is 3. The molecule has 0 radical (unpaired) electrons. The van der Waals surface area contributed by atoms with Crippen molar-refractivity contribution in [3.8, 4) is 0 Å². The summed E-state index contributed by atoms with van der Waals surface area (Å²) >= 11 is 0. The molecule has 5 heteroatoms. The molecule has 5 nitrogen and oxygen atoms in total. The minimum absolute atomic E-state index is 0.227. The highest BCUT2D eigenvalue weighted by Gasteiger charge is 2.42. The molecule has 2 heterocycles. The fraction of sp³-hybridized carbons (Fsp3) is 0.375. The van der Waals surface area contributed by atoms with Crippen molar-refractivity contribution in [2.75, 3.05) is 18.1 Å². The van der Waals surface area contributed by atoms with Crippen LogP contribution in [-0.4, -0.2) is 25.0 Å². The van der Waals surface area contributed by atoms with Gasteiger partial charge in [-0.15, -0.1) is 0 Å². The molecule has 1 amide bonds. The summed E-state index contributed by atoms with van der Waals surface area (Å²) in [6.45, 7) is 6.27. The average Bonchev–Trinajstić information content (AvgIpc) is 2.91. The van der Waals surface area contributed by atoms with Crippen LogP contribution in [0.3, 0.4) is 0 Å². The number of carbonyl (C=O) groups excluding carboxylic acids is 2. The SMILES string of the molecule is CCOC(=O)C1C(=O)N(CC)c2cc3cc(C)oc3cc21. The van der Waals surface area contributed by atoms with Gasteiger partial charge in [0.05, 0.1) is 6.61 Å². The van der Waals surface area contributed by atoms with Gasteiger partial charge in [-0.05, 0) is 39.0 Å². The Hall–Kier alpha value is -2.30. The van der Waals surface area contributed by atoms with E-state index in [-0.39, 0.29) is 12.5 Å². The monoisotopic (exact) mass is 287 g/mol. The maximum atomic E-state index is 12.5. The topological polar surface area (TPSA) is 59.8 Å². The second-order valence-electron chi connectivity index (χ2n) is 5.07. The largest absolute Gasteiger partial charge is 0.465 e. The molecule has 0 bridgehead atoms. The van der Waals surface area contributed by atoms with Gasteiger partial charge in [0.25, 0.3) is 0 Å². The lowest BCUT2D eigenvalue weighted by Crippen LogP contribution is -2.32. The van der Waals surface area contributed by atoms with Crippen molar-refractivity contribution in [3.63, 3.8) is 0 Å². The molecule has 0 N–H and O–H groups in total. The van der Waals surface area contributed by atoms with Crippen LogP contribution >= 0.6 is 0 Å². The van der Waals surface area contributed by atoms with Gasteiger partial charge in [0, 0.05) is 23.2 Å². The minimum Gasteiger partial charge on any atom is -0.465 e. The number of furan rings is 1. The predicted octanol–water partition coefficient (Wildman–Crippen LogP) is 2.75. The summed E-state index contributed by atoms with van der Waals surface area (Å²) in [5.74, 6) is -0.803. The zero-order valence-electron chi connectivity index (χ0n) is 12.3. The molecule has 2 aromatic rings. The summed E-state index contributed by atoms with van der Waals surface area (Å²) in [6, 6.07) is 5.61. The molecule has 1 unspecified atom stereocenters. The molecule has 0 saturated heterocycles. The fourth-order valence-corrected chi connectivity index (χ4v) is 2.88. The Bertz CT molecular complexity index is 731. The smallest absolute Gasteiger partial charge is 0.323 e. The lowest BCUT2D eigenvalue weighted by molar-refractivity contribution is -0.147. The van der Waals surface area contributed by atoms with Crippen molar-refractivity contribution < 1.29 is 18.7 Å². The van der Waals surface area contributed by atoms with E-state index in [1.807, 2.05) is 26.0 Å². The molecule has 0 aliphatic carbocycles. The van der Waals surface area contributed by atoms with Crippen LogP contribution < -0.4 is 4.90 Å². The zero-order chi connectivity index (χ0) is 15.1. The lowest BCUT2D eigenvalue weighted by atomic mass is 10.00. The third-order valence-corrected chi connectivity index (χ3v) is 3.74. The number of likely N-dealkylation sites (N-methyl/N-ethyl adjacent to an activating group) is 1. The quantitative estimate of drug-likeness (QED) is 0.643. The van der Waals surface area contributed by atoms with E-state index in [4.69, 9.17) is 9.15 Å². The van der Waals surface area contributed by atoms with Crippen LogP contribution in [0.1, 0.15) is 31.1 Å². The molecular formula is C16H17NO4. The van der Waals surface area contributed by atoms with Crippen LogP contribution in [-0.2, 0) is 14.3 Å². The molecule has 21 heavy (non-hydrogen) atoms. The maximum absolute atomic E-state index is 12.5. The van der Waals surface area contributed by atoms with Crippen molar-refractivity contribution in [2.24, 2.45) is 0 Å². The Morgan fingerprint density at radius 3 is 2.76 bits per heavy atom. The van der Waals surface area contributed by atoms with Gasteiger partial charge >= 0.3 is 5.97 Å². The average molecular weight is 287 g/mol. The van der Waals surface area contributed by atoms with Crippen molar-refractivity contribution in [2.45, 2.75) is 26.7 Å². The van der Waals surface area contributed by atoms with E-state index in [1.165, 1.54) is 0 Å². The summed E-state index contributed by atoms with van der Waals surface area (Å²) in [6.07, 6.45) is 0. The molecule has 0 fully saturated rings. The number of fused-ring (bicyclic) bond motifs is 2. The number of ether oxygens (including phenoxy) is 1. The van der Waals surface area contributed by atoms with E-state index in [2.05, 4.69) is 0 Å². The number of hydrogen-bond acceptors (Lipinski definition) is 4. The Kier molecular flexibility index (Phi) is 3.20. The number of carbonyl (C=O) groups is 2. The molecule has 1 aliphatic heterocycles. The summed E-state index contributed by atoms with van der Waals surface area (Å²) in [5, 5.41) is 0.932. The summed E-state index contributed by atoms with van der Waals surface area (Å²) in [4.78, 5) is 26.2. The number of esters is 1. The first-order valence-corrected chi connectivity index (χ1v) is 7.09. The molecule has 0 saturated carbocycles. The normalized spacial score (nSPS) is 17.4. The first-order valence-electron chi connectivity index (χ1n) is 7.09. The molecule has 1 aliphatic rings. The lowest BCUT2D eigenvalue weighted by Gasteiger charge is -2.14. The Labute approximate surface area is 122 Å². The number of aryl methyl sites for hydroxylation is 1. The predicted molar refractivity (Wildman–Crippen MR) is 78.4 cm³/mol. The third kappa shape index (κ3) is 2.00.